The van der Waals surface area contributed by atoms with Crippen molar-refractivity contribution in [2.75, 3.05) is 4.90 Å². The normalized spacial score (nSPS) is 13.0. The van der Waals surface area contributed by atoms with Crippen molar-refractivity contribution >= 4 is 22.9 Å². The van der Waals surface area contributed by atoms with E-state index in [1.54, 1.807) is 58.3 Å². The fourth-order valence-corrected chi connectivity index (χ4v) is 3.91. The van der Waals surface area contributed by atoms with E-state index in [0.717, 1.165) is 17.5 Å². The zero-order valence-electron chi connectivity index (χ0n) is 20.8. The molecule has 0 radical (unpaired) electrons. The number of carbonyl (C=O) groups excluding carboxylic acids is 1. The van der Waals surface area contributed by atoms with E-state index in [-0.39, 0.29) is 12.4 Å². The predicted octanol–water partition coefficient (Wildman–Crippen LogP) is 6.31. The Labute approximate surface area is 211 Å². The number of nitrogens with zero attached hydrogens (tertiary/aromatic N) is 3. The third kappa shape index (κ3) is 5.91. The van der Waals surface area contributed by atoms with Gasteiger partial charge in [-0.1, -0.05) is 18.2 Å². The Bertz CT molecular complexity index is 1410. The maximum atomic E-state index is 13.1. The minimum atomic E-state index is -4.46. The molecule has 1 unspecified atom stereocenters. The number of rotatable bonds is 5. The molecule has 0 aliphatic rings. The minimum Gasteiger partial charge on any atom is -0.443 e. The topological polar surface area (TPSA) is 91.3 Å². The van der Waals surface area contributed by atoms with Crippen molar-refractivity contribution in [3.8, 4) is 0 Å². The van der Waals surface area contributed by atoms with E-state index < -0.39 is 29.5 Å². The number of alkyl halides is 3. The van der Waals surface area contributed by atoms with E-state index in [9.17, 15) is 23.1 Å². The van der Waals surface area contributed by atoms with Gasteiger partial charge in [0.25, 0.3) is 0 Å². The number of pyridine rings is 2. The molecule has 0 fully saturated rings. The van der Waals surface area contributed by atoms with Crippen LogP contribution in [0, 0.1) is 6.92 Å². The Balaban J connectivity index is 1.66. The van der Waals surface area contributed by atoms with Crippen LogP contribution in [-0.4, -0.2) is 31.8 Å². The maximum absolute atomic E-state index is 13.1. The van der Waals surface area contributed by atoms with E-state index in [1.165, 1.54) is 17.0 Å². The molecule has 0 bridgehead atoms. The van der Waals surface area contributed by atoms with Gasteiger partial charge in [0.05, 0.1) is 12.1 Å². The number of aryl methyl sites for hydroxylation is 1. The number of anilines is 1. The molecule has 0 spiro atoms. The third-order valence-electron chi connectivity index (χ3n) is 5.70. The van der Waals surface area contributed by atoms with Gasteiger partial charge >= 0.3 is 12.3 Å². The summed E-state index contributed by atoms with van der Waals surface area (Å²) in [5.74, 6) is 0.239. The van der Waals surface area contributed by atoms with Crippen molar-refractivity contribution in [1.29, 1.82) is 0 Å². The van der Waals surface area contributed by atoms with Gasteiger partial charge in [-0.3, -0.25) is 4.90 Å². The molecule has 0 saturated carbocycles. The number of hydrogen-bond acceptors (Lipinski definition) is 5. The van der Waals surface area contributed by atoms with Gasteiger partial charge in [-0.05, 0) is 63.6 Å². The zero-order chi connectivity index (χ0) is 27.0. The van der Waals surface area contributed by atoms with Crippen LogP contribution < -0.4 is 4.90 Å². The van der Waals surface area contributed by atoms with Crippen LogP contribution >= 0.6 is 0 Å². The lowest BCUT2D eigenvalue weighted by Gasteiger charge is -2.27. The highest BCUT2D eigenvalue weighted by atomic mass is 19.4. The van der Waals surface area contributed by atoms with Crippen molar-refractivity contribution in [1.82, 2.24) is 15.0 Å². The summed E-state index contributed by atoms with van der Waals surface area (Å²) >= 11 is 0. The van der Waals surface area contributed by atoms with E-state index >= 15 is 0 Å². The molecule has 10 heteroatoms. The number of fused-ring (bicyclic) bond motifs is 1. The Kier molecular flexibility index (Phi) is 6.96. The summed E-state index contributed by atoms with van der Waals surface area (Å²) in [6, 6.07) is 11.4. The Morgan fingerprint density at radius 1 is 1.08 bits per heavy atom. The van der Waals surface area contributed by atoms with Gasteiger partial charge in [0.2, 0.25) is 0 Å². The number of halogens is 3. The highest BCUT2D eigenvalue weighted by molar-refractivity contribution is 5.86. The quantitative estimate of drug-likeness (QED) is 0.327. The first kappa shape index (κ1) is 26.2. The van der Waals surface area contributed by atoms with Crippen LogP contribution in [-0.2, 0) is 17.5 Å². The van der Waals surface area contributed by atoms with E-state index in [1.807, 2.05) is 6.07 Å². The van der Waals surface area contributed by atoms with Gasteiger partial charge in [0.15, 0.2) is 0 Å². The molecular formula is C27H27F3N4O3. The smallest absolute Gasteiger partial charge is 0.416 e. The summed E-state index contributed by atoms with van der Waals surface area (Å²) < 4.78 is 44.5. The van der Waals surface area contributed by atoms with E-state index in [0.29, 0.717) is 28.0 Å². The van der Waals surface area contributed by atoms with Crippen LogP contribution in [0.15, 0.2) is 60.9 Å². The average molecular weight is 513 g/mol. The number of aromatic amines is 1. The third-order valence-corrected chi connectivity index (χ3v) is 5.70. The van der Waals surface area contributed by atoms with Crippen molar-refractivity contribution < 1.29 is 27.8 Å². The second-order valence-electron chi connectivity index (χ2n) is 9.65. The molecule has 0 aliphatic carbocycles. The number of benzene rings is 1. The Morgan fingerprint density at radius 2 is 1.78 bits per heavy atom. The number of aliphatic hydroxyl groups is 1. The van der Waals surface area contributed by atoms with Crippen molar-refractivity contribution in [3.63, 3.8) is 0 Å². The molecule has 1 amide bonds. The van der Waals surface area contributed by atoms with Gasteiger partial charge in [-0.25, -0.2) is 14.8 Å². The van der Waals surface area contributed by atoms with Crippen LogP contribution in [0.3, 0.4) is 0 Å². The second-order valence-corrected chi connectivity index (χ2v) is 9.65. The number of aliphatic hydroxyl groups excluding tert-OH is 1. The van der Waals surface area contributed by atoms with Crippen LogP contribution in [0.1, 0.15) is 54.8 Å². The number of carbonyl (C=O) groups is 1. The summed E-state index contributed by atoms with van der Waals surface area (Å²) in [5.41, 5.74) is 1.18. The lowest BCUT2D eigenvalue weighted by atomic mass is 10.0. The Hall–Kier alpha value is -3.92. The summed E-state index contributed by atoms with van der Waals surface area (Å²) in [7, 11) is 0. The molecule has 194 valence electrons. The van der Waals surface area contributed by atoms with Crippen molar-refractivity contribution in [2.24, 2.45) is 0 Å². The summed E-state index contributed by atoms with van der Waals surface area (Å²) in [6.07, 6.45) is -2.81. The molecule has 1 aromatic carbocycles. The van der Waals surface area contributed by atoms with Gasteiger partial charge < -0.3 is 14.8 Å². The molecule has 0 aliphatic heterocycles. The van der Waals surface area contributed by atoms with Gasteiger partial charge in [0.1, 0.15) is 23.2 Å². The molecule has 4 aromatic rings. The molecule has 4 rings (SSSR count). The van der Waals surface area contributed by atoms with Crippen molar-refractivity contribution in [3.05, 3.63) is 88.9 Å². The van der Waals surface area contributed by atoms with Crippen molar-refractivity contribution in [2.45, 2.75) is 52.1 Å². The predicted molar refractivity (Wildman–Crippen MR) is 133 cm³/mol. The maximum Gasteiger partial charge on any atom is 0.416 e. The van der Waals surface area contributed by atoms with Gasteiger partial charge in [0, 0.05) is 34.6 Å². The highest BCUT2D eigenvalue weighted by Crippen LogP contribution is 2.32. The Morgan fingerprint density at radius 3 is 2.41 bits per heavy atom. The average Bonchev–Trinajstić information content (AvgIpc) is 3.25. The summed E-state index contributed by atoms with van der Waals surface area (Å²) in [5, 5.41) is 11.9. The monoisotopic (exact) mass is 512 g/mol. The van der Waals surface area contributed by atoms with Gasteiger partial charge in [-0.15, -0.1) is 0 Å². The summed E-state index contributed by atoms with van der Waals surface area (Å²) in [4.78, 5) is 26.2. The number of aromatic nitrogens is 3. The number of amides is 1. The number of ether oxygens (including phenoxy) is 1. The molecule has 3 aromatic heterocycles. The van der Waals surface area contributed by atoms with Gasteiger partial charge in [-0.2, -0.15) is 13.2 Å². The lowest BCUT2D eigenvalue weighted by Crippen LogP contribution is -2.37. The van der Waals surface area contributed by atoms with Crippen LogP contribution in [0.25, 0.3) is 11.0 Å². The molecule has 3 heterocycles. The first-order valence-corrected chi connectivity index (χ1v) is 11.6. The molecule has 37 heavy (non-hydrogen) atoms. The highest BCUT2D eigenvalue weighted by Gasteiger charge is 2.31. The summed E-state index contributed by atoms with van der Waals surface area (Å²) in [6.45, 7) is 6.80. The molecule has 2 N–H and O–H groups in total. The van der Waals surface area contributed by atoms with E-state index in [4.69, 9.17) is 4.74 Å². The second kappa shape index (κ2) is 9.85. The SMILES string of the molecule is Cc1nc(N(Cc2ccc(C(F)(F)F)cc2)C(=O)OC(C)(C)C)ccc1C(O)c1c[nH]c2ncccc12. The van der Waals surface area contributed by atoms with Crippen LogP contribution in [0.2, 0.25) is 0 Å². The largest absolute Gasteiger partial charge is 0.443 e. The molecular weight excluding hydrogens is 485 g/mol. The number of hydrogen-bond donors (Lipinski definition) is 2. The molecule has 0 saturated heterocycles. The van der Waals surface area contributed by atoms with E-state index in [2.05, 4.69) is 15.0 Å². The minimum absolute atomic E-state index is 0.0600. The fraction of sp³-hybridized carbons (Fsp3) is 0.296. The first-order valence-electron chi connectivity index (χ1n) is 11.6. The number of H-pyrrole nitrogens is 1. The number of nitrogens with one attached hydrogen (secondary N) is 1. The zero-order valence-corrected chi connectivity index (χ0v) is 20.8. The van der Waals surface area contributed by atoms with Crippen LogP contribution in [0.5, 0.6) is 0 Å². The molecule has 1 atom stereocenters. The first-order chi connectivity index (χ1) is 17.3. The standard InChI is InChI=1S/C27H27F3N4O3/c1-16-19(23(35)21-14-32-24-20(21)6-5-13-31-24)11-12-22(33-16)34(25(36)37-26(2,3)4)15-17-7-9-18(10-8-17)27(28,29)30/h5-14,23,35H,15H2,1-4H3,(H,31,32). The molecule has 7 nitrogen and oxygen atoms in total. The lowest BCUT2D eigenvalue weighted by molar-refractivity contribution is -0.137. The van der Waals surface area contributed by atoms with Crippen LogP contribution in [0.4, 0.5) is 23.8 Å². The fourth-order valence-electron chi connectivity index (χ4n) is 3.91.